The van der Waals surface area contributed by atoms with Crippen molar-refractivity contribution >= 4 is 51.8 Å². The Kier molecular flexibility index (Phi) is 6.56. The van der Waals surface area contributed by atoms with Crippen LogP contribution in [0.4, 0.5) is 0 Å². The molecule has 0 bridgehead atoms. The van der Waals surface area contributed by atoms with Gasteiger partial charge < -0.3 is 0 Å². The first-order chi connectivity index (χ1) is 16.3. The number of benzene rings is 3. The molecule has 34 heavy (non-hydrogen) atoms. The first-order valence-corrected chi connectivity index (χ1v) is 13.8. The van der Waals surface area contributed by atoms with Gasteiger partial charge in [-0.15, -0.1) is 23.5 Å². The lowest BCUT2D eigenvalue weighted by Crippen LogP contribution is -2.15. The fraction of sp³-hybridized carbons (Fsp3) is 0.185. The van der Waals surface area contributed by atoms with E-state index in [-0.39, 0.29) is 5.54 Å². The highest BCUT2D eigenvalue weighted by Gasteiger charge is 2.28. The Bertz CT molecular complexity index is 1410. The number of hydrogen-bond donors (Lipinski definition) is 0. The molecule has 0 radical (unpaired) electrons. The Labute approximate surface area is 218 Å². The molecule has 1 aromatic heterocycles. The molecule has 2 heterocycles. The topological polar surface area (TPSA) is 30.2 Å². The Morgan fingerprint density at radius 3 is 2.44 bits per heavy atom. The first kappa shape index (κ1) is 23.6. The second-order valence-electron chi connectivity index (χ2n) is 8.72. The second kappa shape index (κ2) is 9.46. The molecule has 0 amide bonds. The Morgan fingerprint density at radius 1 is 0.941 bits per heavy atom. The largest absolute Gasteiger partial charge is 0.298 e. The van der Waals surface area contributed by atoms with Crippen molar-refractivity contribution in [2.45, 2.75) is 24.3 Å². The maximum Gasteiger partial charge on any atom is 0.146 e. The lowest BCUT2D eigenvalue weighted by molar-refractivity contribution is 0.605. The van der Waals surface area contributed by atoms with Crippen molar-refractivity contribution in [3.05, 3.63) is 88.7 Å². The number of halogens is 2. The number of imidazole rings is 1. The van der Waals surface area contributed by atoms with Crippen molar-refractivity contribution in [1.29, 1.82) is 0 Å². The van der Waals surface area contributed by atoms with Crippen LogP contribution in [0.1, 0.15) is 19.5 Å². The average Bonchev–Trinajstić information content (AvgIpc) is 3.42. The molecule has 1 aliphatic rings. The third kappa shape index (κ3) is 4.67. The third-order valence-corrected chi connectivity index (χ3v) is 8.40. The third-order valence-electron chi connectivity index (χ3n) is 5.62. The van der Waals surface area contributed by atoms with Gasteiger partial charge in [0, 0.05) is 22.4 Å². The fourth-order valence-electron chi connectivity index (χ4n) is 3.90. The molecule has 0 unspecified atom stereocenters. The lowest BCUT2D eigenvalue weighted by atomic mass is 10.1. The zero-order valence-electron chi connectivity index (χ0n) is 19.0. The summed E-state index contributed by atoms with van der Waals surface area (Å²) in [5.41, 5.74) is 4.64. The number of nitrogens with zero attached hydrogens (tertiary/aromatic N) is 3. The van der Waals surface area contributed by atoms with E-state index in [1.807, 2.05) is 47.2 Å². The summed E-state index contributed by atoms with van der Waals surface area (Å²) in [6.07, 6.45) is 4.09. The van der Waals surface area contributed by atoms with Crippen LogP contribution in [-0.2, 0) is 0 Å². The van der Waals surface area contributed by atoms with Gasteiger partial charge in [-0.3, -0.25) is 9.56 Å². The van der Waals surface area contributed by atoms with Crippen LogP contribution in [0, 0.1) is 0 Å². The van der Waals surface area contributed by atoms with Crippen molar-refractivity contribution in [2.75, 3.05) is 12.0 Å². The Balaban J connectivity index is 1.63. The number of thioether (sulfide) groups is 2. The maximum absolute atomic E-state index is 6.88. The highest BCUT2D eigenvalue weighted by molar-refractivity contribution is 8.14. The van der Waals surface area contributed by atoms with Crippen LogP contribution in [0.3, 0.4) is 0 Å². The molecule has 0 fully saturated rings. The van der Waals surface area contributed by atoms with Gasteiger partial charge in [0.1, 0.15) is 16.6 Å². The molecule has 1 aliphatic heterocycles. The quantitative estimate of drug-likeness (QED) is 0.245. The van der Waals surface area contributed by atoms with Crippen LogP contribution >= 0.6 is 46.7 Å². The molecule has 0 saturated carbocycles. The maximum atomic E-state index is 6.88. The van der Waals surface area contributed by atoms with Gasteiger partial charge in [0.05, 0.1) is 21.3 Å². The Hall–Kier alpha value is -2.18. The van der Waals surface area contributed by atoms with Gasteiger partial charge in [-0.25, -0.2) is 4.98 Å². The van der Waals surface area contributed by atoms with Gasteiger partial charge in [0.2, 0.25) is 0 Å². The van der Waals surface area contributed by atoms with Gasteiger partial charge in [-0.2, -0.15) is 0 Å². The van der Waals surface area contributed by atoms with E-state index in [4.69, 9.17) is 33.2 Å². The van der Waals surface area contributed by atoms with Crippen LogP contribution in [0.15, 0.2) is 82.8 Å². The van der Waals surface area contributed by atoms with E-state index in [1.165, 1.54) is 4.90 Å². The highest BCUT2D eigenvalue weighted by Crippen LogP contribution is 2.36. The van der Waals surface area contributed by atoms with Crippen molar-refractivity contribution in [2.24, 2.45) is 4.99 Å². The van der Waals surface area contributed by atoms with Crippen LogP contribution in [0.25, 0.3) is 28.2 Å². The summed E-state index contributed by atoms with van der Waals surface area (Å²) in [5, 5.41) is 2.23. The molecule has 0 spiro atoms. The van der Waals surface area contributed by atoms with E-state index in [1.54, 1.807) is 23.5 Å². The van der Waals surface area contributed by atoms with E-state index in [9.17, 15) is 0 Å². The standard InChI is InChI=1S/C27H23Cl2N3S2/c1-27(2)16-34-26(31-27)23-15-32(25(30-23)20-9-4-5-10-21(20)28)24-12-11-18(14-22(24)29)17-7-6-8-19(13-17)33-3/h4-15H,16H2,1-3H3. The molecule has 172 valence electrons. The predicted molar refractivity (Wildman–Crippen MR) is 149 cm³/mol. The highest BCUT2D eigenvalue weighted by atomic mass is 35.5. The van der Waals surface area contributed by atoms with E-state index >= 15 is 0 Å². The summed E-state index contributed by atoms with van der Waals surface area (Å²) in [4.78, 5) is 11.1. The average molecular weight is 525 g/mol. The summed E-state index contributed by atoms with van der Waals surface area (Å²) in [6.45, 7) is 4.28. The molecule has 4 aromatic rings. The van der Waals surface area contributed by atoms with Gasteiger partial charge >= 0.3 is 0 Å². The van der Waals surface area contributed by atoms with Crippen LogP contribution in [0.5, 0.6) is 0 Å². The predicted octanol–water partition coefficient (Wildman–Crippen LogP) is 8.51. The van der Waals surface area contributed by atoms with Crippen LogP contribution < -0.4 is 0 Å². The summed E-state index contributed by atoms with van der Waals surface area (Å²) in [5.74, 6) is 1.67. The number of hydrogen-bond acceptors (Lipinski definition) is 4. The molecular formula is C27H23Cl2N3S2. The molecule has 3 aromatic carbocycles. The minimum absolute atomic E-state index is 0.0983. The van der Waals surface area contributed by atoms with E-state index in [2.05, 4.69) is 50.4 Å². The van der Waals surface area contributed by atoms with Crippen molar-refractivity contribution in [3.63, 3.8) is 0 Å². The molecule has 3 nitrogen and oxygen atoms in total. The number of aromatic nitrogens is 2. The monoisotopic (exact) mass is 523 g/mol. The van der Waals surface area contributed by atoms with Gasteiger partial charge in [0.15, 0.2) is 0 Å². The van der Waals surface area contributed by atoms with Crippen molar-refractivity contribution < 1.29 is 0 Å². The molecule has 0 atom stereocenters. The minimum Gasteiger partial charge on any atom is -0.298 e. The first-order valence-electron chi connectivity index (χ1n) is 10.9. The smallest absolute Gasteiger partial charge is 0.146 e. The Morgan fingerprint density at radius 2 is 1.74 bits per heavy atom. The van der Waals surface area contributed by atoms with Crippen molar-refractivity contribution in [3.8, 4) is 28.2 Å². The lowest BCUT2D eigenvalue weighted by Gasteiger charge is -2.12. The van der Waals surface area contributed by atoms with E-state index in [0.717, 1.165) is 44.7 Å². The normalized spacial score (nSPS) is 14.9. The van der Waals surface area contributed by atoms with Crippen LogP contribution in [-0.4, -0.2) is 32.1 Å². The van der Waals surface area contributed by atoms with E-state index in [0.29, 0.717) is 10.0 Å². The number of aliphatic imine (C=N–C) groups is 1. The molecular weight excluding hydrogens is 501 g/mol. The molecule has 5 rings (SSSR count). The van der Waals surface area contributed by atoms with E-state index < -0.39 is 0 Å². The molecule has 7 heteroatoms. The molecule has 0 aliphatic carbocycles. The molecule has 0 saturated heterocycles. The SMILES string of the molecule is CSc1cccc(-c2ccc(-n3cc(C4=NC(C)(C)CS4)nc3-c3ccccc3Cl)c(Cl)c2)c1. The number of rotatable bonds is 5. The summed E-state index contributed by atoms with van der Waals surface area (Å²) >= 11 is 16.9. The second-order valence-corrected chi connectivity index (χ2v) is 11.4. The zero-order valence-corrected chi connectivity index (χ0v) is 22.2. The van der Waals surface area contributed by atoms with Gasteiger partial charge in [-0.1, -0.05) is 53.5 Å². The zero-order chi connectivity index (χ0) is 23.9. The van der Waals surface area contributed by atoms with Gasteiger partial charge in [0.25, 0.3) is 0 Å². The molecule has 0 N–H and O–H groups in total. The summed E-state index contributed by atoms with van der Waals surface area (Å²) in [6, 6.07) is 22.4. The summed E-state index contributed by atoms with van der Waals surface area (Å²) in [7, 11) is 0. The van der Waals surface area contributed by atoms with Crippen molar-refractivity contribution in [1.82, 2.24) is 9.55 Å². The van der Waals surface area contributed by atoms with Gasteiger partial charge in [-0.05, 0) is 67.6 Å². The van der Waals surface area contributed by atoms with Crippen LogP contribution in [0.2, 0.25) is 10.0 Å². The summed E-state index contributed by atoms with van der Waals surface area (Å²) < 4.78 is 2.02. The minimum atomic E-state index is -0.0983. The fourth-order valence-corrected chi connectivity index (χ4v) is 5.96.